The second-order valence-electron chi connectivity index (χ2n) is 13.7. The van der Waals surface area contributed by atoms with Crippen molar-refractivity contribution in [1.29, 1.82) is 0 Å². The molecule has 3 heterocycles. The average molecular weight is 690 g/mol. The van der Waals surface area contributed by atoms with E-state index < -0.39 is 0 Å². The van der Waals surface area contributed by atoms with Crippen molar-refractivity contribution in [2.45, 2.75) is 0 Å². The third kappa shape index (κ3) is 4.76. The molecule has 8 aromatic carbocycles. The summed E-state index contributed by atoms with van der Waals surface area (Å²) in [5.74, 6) is 1.87. The van der Waals surface area contributed by atoms with Gasteiger partial charge in [0.05, 0.1) is 22.1 Å². The van der Waals surface area contributed by atoms with Gasteiger partial charge in [0.2, 0.25) is 0 Å². The van der Waals surface area contributed by atoms with Gasteiger partial charge >= 0.3 is 0 Å². The van der Waals surface area contributed by atoms with Crippen LogP contribution in [0, 0.1) is 0 Å². The van der Waals surface area contributed by atoms with E-state index in [4.69, 9.17) is 15.0 Å². The Balaban J connectivity index is 1.10. The number of benzene rings is 8. The number of hydrogen-bond acceptors (Lipinski definition) is 3. The molecule has 0 spiro atoms. The van der Waals surface area contributed by atoms with Crippen LogP contribution >= 0.6 is 0 Å². The smallest absolute Gasteiger partial charge is 0.164 e. The highest BCUT2D eigenvalue weighted by Gasteiger charge is 2.18. The van der Waals surface area contributed by atoms with Gasteiger partial charge in [-0.15, -0.1) is 0 Å². The number of aromatic nitrogens is 5. The molecule has 0 aliphatic rings. The van der Waals surface area contributed by atoms with Crippen LogP contribution in [0.25, 0.3) is 99.9 Å². The molecular weight excluding hydrogens is 659 g/mol. The lowest BCUT2D eigenvalue weighted by Gasteiger charge is -2.13. The molecule has 5 heteroatoms. The summed E-state index contributed by atoms with van der Waals surface area (Å²) < 4.78 is 4.68. The lowest BCUT2D eigenvalue weighted by molar-refractivity contribution is 1.07. The summed E-state index contributed by atoms with van der Waals surface area (Å²) in [4.78, 5) is 15.4. The molecule has 0 radical (unpaired) electrons. The maximum Gasteiger partial charge on any atom is 0.164 e. The number of hydrogen-bond donors (Lipinski definition) is 0. The van der Waals surface area contributed by atoms with Gasteiger partial charge in [-0.05, 0) is 59.3 Å². The van der Waals surface area contributed by atoms with E-state index >= 15 is 0 Å². The molecule has 3 aromatic heterocycles. The van der Waals surface area contributed by atoms with Gasteiger partial charge in [0, 0.05) is 49.6 Å². The largest absolute Gasteiger partial charge is 0.309 e. The molecule has 0 atom stereocenters. The van der Waals surface area contributed by atoms with Crippen molar-refractivity contribution in [3.05, 3.63) is 188 Å². The average Bonchev–Trinajstić information content (AvgIpc) is 3.77. The number of rotatable bonds is 5. The number of nitrogens with zero attached hydrogens (tertiary/aromatic N) is 5. The first-order valence-corrected chi connectivity index (χ1v) is 18.2. The summed E-state index contributed by atoms with van der Waals surface area (Å²) in [6.45, 7) is 0. The van der Waals surface area contributed by atoms with Gasteiger partial charge in [0.25, 0.3) is 0 Å². The predicted molar refractivity (Wildman–Crippen MR) is 222 cm³/mol. The first-order valence-electron chi connectivity index (χ1n) is 18.2. The zero-order chi connectivity index (χ0) is 35.6. The van der Waals surface area contributed by atoms with E-state index in [2.05, 4.69) is 179 Å². The predicted octanol–water partition coefficient (Wildman–Crippen LogP) is 12.2. The van der Waals surface area contributed by atoms with Crippen LogP contribution in [0.3, 0.4) is 0 Å². The molecule has 0 unspecified atom stereocenters. The molecular formula is C49H31N5. The first kappa shape index (κ1) is 30.3. The van der Waals surface area contributed by atoms with Crippen molar-refractivity contribution in [3.63, 3.8) is 0 Å². The minimum atomic E-state index is 0.620. The Morgan fingerprint density at radius 2 is 0.741 bits per heavy atom. The molecule has 252 valence electrons. The second kappa shape index (κ2) is 12.1. The van der Waals surface area contributed by atoms with Crippen LogP contribution in [-0.4, -0.2) is 24.1 Å². The number of para-hydroxylation sites is 3. The Morgan fingerprint density at radius 3 is 1.35 bits per heavy atom. The van der Waals surface area contributed by atoms with E-state index in [1.165, 1.54) is 32.3 Å². The Labute approximate surface area is 311 Å². The quantitative estimate of drug-likeness (QED) is 0.181. The summed E-state index contributed by atoms with van der Waals surface area (Å²) in [6, 6.07) is 66.1. The first-order chi connectivity index (χ1) is 26.8. The second-order valence-corrected chi connectivity index (χ2v) is 13.7. The minimum Gasteiger partial charge on any atom is -0.309 e. The third-order valence-electron chi connectivity index (χ3n) is 10.5. The zero-order valence-electron chi connectivity index (χ0n) is 29.1. The molecule has 0 saturated carbocycles. The van der Waals surface area contributed by atoms with Crippen LogP contribution in [0.15, 0.2) is 188 Å². The van der Waals surface area contributed by atoms with Gasteiger partial charge in [-0.2, -0.15) is 0 Å². The molecule has 0 amide bonds. The van der Waals surface area contributed by atoms with Gasteiger partial charge < -0.3 is 9.13 Å². The molecule has 0 aliphatic heterocycles. The van der Waals surface area contributed by atoms with E-state index in [1.807, 2.05) is 18.2 Å². The summed E-state index contributed by atoms with van der Waals surface area (Å²) in [6.07, 6.45) is 0. The Kier molecular flexibility index (Phi) is 6.79. The highest BCUT2D eigenvalue weighted by molar-refractivity contribution is 6.21. The van der Waals surface area contributed by atoms with E-state index in [1.54, 1.807) is 0 Å². The van der Waals surface area contributed by atoms with Crippen molar-refractivity contribution < 1.29 is 0 Å². The summed E-state index contributed by atoms with van der Waals surface area (Å²) >= 11 is 0. The van der Waals surface area contributed by atoms with Gasteiger partial charge in [0.15, 0.2) is 17.5 Å². The van der Waals surface area contributed by atoms with Crippen LogP contribution in [0.5, 0.6) is 0 Å². The fourth-order valence-corrected chi connectivity index (χ4v) is 8.14. The SMILES string of the molecule is c1ccc(-c2nc(-c3cccc(-n4c5ccccc5c5ccccc54)c3)nc(-c3cccc(-n4c5ccccc5c5c6ccccc6ccc54)c3)n2)cc1. The molecule has 5 nitrogen and oxygen atoms in total. The zero-order valence-corrected chi connectivity index (χ0v) is 29.1. The maximum absolute atomic E-state index is 5.19. The van der Waals surface area contributed by atoms with Crippen LogP contribution in [-0.2, 0) is 0 Å². The Bertz CT molecular complexity index is 3170. The van der Waals surface area contributed by atoms with Gasteiger partial charge in [-0.1, -0.05) is 140 Å². The normalized spacial score (nSPS) is 11.7. The molecule has 11 rings (SSSR count). The van der Waals surface area contributed by atoms with E-state index in [0.717, 1.165) is 50.1 Å². The highest BCUT2D eigenvalue weighted by atomic mass is 15.0. The fraction of sp³-hybridized carbons (Fsp3) is 0. The van der Waals surface area contributed by atoms with Gasteiger partial charge in [-0.3, -0.25) is 0 Å². The molecule has 0 N–H and O–H groups in total. The van der Waals surface area contributed by atoms with Crippen LogP contribution in [0.4, 0.5) is 0 Å². The lowest BCUT2D eigenvalue weighted by atomic mass is 10.0. The van der Waals surface area contributed by atoms with Crippen molar-refractivity contribution >= 4 is 54.4 Å². The molecule has 11 aromatic rings. The Hall–Kier alpha value is -7.37. The Morgan fingerprint density at radius 1 is 0.296 bits per heavy atom. The standard InChI is InChI=1S/C49H31N5/c1-2-15-33(16-3-1)47-50-48(34-17-12-19-36(30-34)53-42-25-9-6-22-39(42)40-23-7-10-26-43(40)53)52-49(51-47)35-18-13-20-37(31-35)54-44-27-11-8-24-41(44)46-38-21-5-4-14-32(38)28-29-45(46)54/h1-31H. The van der Waals surface area contributed by atoms with Crippen molar-refractivity contribution in [2.24, 2.45) is 0 Å². The highest BCUT2D eigenvalue weighted by Crippen LogP contribution is 2.38. The van der Waals surface area contributed by atoms with Crippen molar-refractivity contribution in [1.82, 2.24) is 24.1 Å². The van der Waals surface area contributed by atoms with Gasteiger partial charge in [-0.25, -0.2) is 15.0 Å². The van der Waals surface area contributed by atoms with Crippen molar-refractivity contribution in [3.8, 4) is 45.5 Å². The van der Waals surface area contributed by atoms with Crippen molar-refractivity contribution in [2.75, 3.05) is 0 Å². The maximum atomic E-state index is 5.19. The summed E-state index contributed by atoms with van der Waals surface area (Å²) in [7, 11) is 0. The summed E-state index contributed by atoms with van der Waals surface area (Å²) in [5, 5.41) is 7.42. The number of fused-ring (bicyclic) bond motifs is 8. The van der Waals surface area contributed by atoms with Gasteiger partial charge in [0.1, 0.15) is 0 Å². The monoisotopic (exact) mass is 689 g/mol. The lowest BCUT2D eigenvalue weighted by Crippen LogP contribution is -2.02. The van der Waals surface area contributed by atoms with E-state index in [-0.39, 0.29) is 0 Å². The molecule has 0 fully saturated rings. The van der Waals surface area contributed by atoms with Crippen LogP contribution in [0.2, 0.25) is 0 Å². The molecule has 0 saturated heterocycles. The molecule has 0 aliphatic carbocycles. The van der Waals surface area contributed by atoms with Crippen LogP contribution in [0.1, 0.15) is 0 Å². The molecule has 0 bridgehead atoms. The minimum absolute atomic E-state index is 0.620. The summed E-state index contributed by atoms with van der Waals surface area (Å²) in [5.41, 5.74) is 9.50. The molecule has 54 heavy (non-hydrogen) atoms. The van der Waals surface area contributed by atoms with Crippen LogP contribution < -0.4 is 0 Å². The fourth-order valence-electron chi connectivity index (χ4n) is 8.14. The third-order valence-corrected chi connectivity index (χ3v) is 10.5. The topological polar surface area (TPSA) is 48.5 Å². The van der Waals surface area contributed by atoms with E-state index in [9.17, 15) is 0 Å². The van der Waals surface area contributed by atoms with E-state index in [0.29, 0.717) is 17.5 Å².